The molecule has 13 rings (SSSR count). The monoisotopic (exact) mass is 1650 g/mol. The van der Waals surface area contributed by atoms with Crippen molar-refractivity contribution in [2.24, 2.45) is 0 Å². The van der Waals surface area contributed by atoms with E-state index in [2.05, 4.69) is 329 Å². The van der Waals surface area contributed by atoms with Crippen molar-refractivity contribution in [3.63, 3.8) is 0 Å². The molecule has 0 saturated heterocycles. The average molecular weight is 1650 g/mol. The molecule has 0 unspecified atom stereocenters. The van der Waals surface area contributed by atoms with Crippen LogP contribution in [0.4, 0.5) is 0 Å². The van der Waals surface area contributed by atoms with Crippen LogP contribution in [0.3, 0.4) is 0 Å². The number of ether oxygens (including phenoxy) is 8. The van der Waals surface area contributed by atoms with E-state index in [1.807, 2.05) is 0 Å². The van der Waals surface area contributed by atoms with E-state index in [4.69, 9.17) is 37.9 Å². The highest BCUT2D eigenvalue weighted by Crippen LogP contribution is 2.49. The second-order valence-corrected chi connectivity index (χ2v) is 43.9. The lowest BCUT2D eigenvalue weighted by Gasteiger charge is -2.29. The molecule has 0 fully saturated rings. The Morgan fingerprint density at radius 1 is 0.197 bits per heavy atom. The van der Waals surface area contributed by atoms with Crippen LogP contribution in [0.25, 0.3) is 0 Å². The smallest absolute Gasteiger partial charge is 0.126 e. The summed E-state index contributed by atoms with van der Waals surface area (Å²) >= 11 is 0. The van der Waals surface area contributed by atoms with Gasteiger partial charge in [-0.25, -0.2) is 0 Å². The molecule has 9 aromatic rings. The Kier molecular flexibility index (Phi) is 29.3. The van der Waals surface area contributed by atoms with Crippen LogP contribution in [0.5, 0.6) is 46.0 Å². The molecule has 8 nitrogen and oxygen atoms in total. The molecule has 8 heteroatoms. The van der Waals surface area contributed by atoms with Gasteiger partial charge in [0, 0.05) is 51.4 Å². The molecule has 0 saturated carbocycles. The Morgan fingerprint density at radius 2 is 0.320 bits per heavy atom. The molecule has 658 valence electrons. The van der Waals surface area contributed by atoms with E-state index in [-0.39, 0.29) is 43.3 Å². The highest BCUT2D eigenvalue weighted by atomic mass is 16.5. The molecular formula is C114H154O8. The molecule has 4 heterocycles. The van der Waals surface area contributed by atoms with E-state index < -0.39 is 0 Å². The Balaban J connectivity index is 1.36. The van der Waals surface area contributed by atoms with Crippen molar-refractivity contribution in [2.75, 3.05) is 39.6 Å². The van der Waals surface area contributed by atoms with E-state index in [1.165, 1.54) is 44.5 Å². The van der Waals surface area contributed by atoms with Crippen LogP contribution in [0.1, 0.15) is 391 Å². The SMILES string of the molecule is CCCOc1c2cc(C(C)(C)C)cc1Cc1cc(C(C)(C)C)cc(c1OCCC)Cc1cc(C(C)(C)C)cc3c1OCc1ccc(cc1)COc1c(cc(C(C)(C)C)cc1Cc1cc(C(C)(C)C)cc(c1OCCC)Cc1cc(C(C)(C)C)cc(c1OCCC)Cc1cc(C(C)(C)C)cc(c1OCCC)C3)Cc1cc(C(C)(C)C)cc(c1OCCC)C2. The quantitative estimate of drug-likeness (QED) is 0.0841. The molecule has 4 aliphatic heterocycles. The van der Waals surface area contributed by atoms with E-state index in [1.54, 1.807) is 0 Å². The van der Waals surface area contributed by atoms with Crippen molar-refractivity contribution < 1.29 is 37.9 Å². The lowest BCUT2D eigenvalue weighted by molar-refractivity contribution is 0.295. The summed E-state index contributed by atoms with van der Waals surface area (Å²) < 4.78 is 60.2. The summed E-state index contributed by atoms with van der Waals surface area (Å²) in [5.74, 6) is 7.33. The molecule has 0 aromatic heterocycles. The zero-order valence-corrected chi connectivity index (χ0v) is 81.4. The van der Waals surface area contributed by atoms with Crippen molar-refractivity contribution in [2.45, 2.75) is 354 Å². The van der Waals surface area contributed by atoms with Crippen molar-refractivity contribution in [3.05, 3.63) is 266 Å². The van der Waals surface area contributed by atoms with Crippen molar-refractivity contribution in [1.29, 1.82) is 0 Å². The fraction of sp³-hybridized carbons (Fsp3) is 0.526. The summed E-state index contributed by atoms with van der Waals surface area (Å²) in [5.41, 5.74) is 28.3. The highest BCUT2D eigenvalue weighted by Gasteiger charge is 2.34. The molecule has 0 N–H and O–H groups in total. The largest absolute Gasteiger partial charge is 0.493 e. The van der Waals surface area contributed by atoms with Crippen LogP contribution in [0, 0.1) is 0 Å². The molecule has 9 aromatic carbocycles. The maximum Gasteiger partial charge on any atom is 0.126 e. The lowest BCUT2D eigenvalue weighted by Crippen LogP contribution is -2.18. The Labute approximate surface area is 739 Å². The molecule has 0 aliphatic carbocycles. The molecular weight excluding hydrogens is 1500 g/mol. The maximum absolute atomic E-state index is 7.81. The van der Waals surface area contributed by atoms with Gasteiger partial charge in [0.15, 0.2) is 0 Å². The first-order chi connectivity index (χ1) is 57.2. The third-order valence-electron chi connectivity index (χ3n) is 24.4. The molecule has 0 amide bonds. The Bertz CT molecular complexity index is 4570. The summed E-state index contributed by atoms with van der Waals surface area (Å²) in [6.45, 7) is 73.9. The van der Waals surface area contributed by atoms with E-state index >= 15 is 0 Å². The van der Waals surface area contributed by atoms with Crippen LogP contribution in [-0.2, 0) is 108 Å². The van der Waals surface area contributed by atoms with E-state index in [0.29, 0.717) is 104 Å². The predicted octanol–water partition coefficient (Wildman–Crippen LogP) is 29.3. The average Bonchev–Trinajstić information content (AvgIpc) is 0.814. The second-order valence-electron chi connectivity index (χ2n) is 43.9. The second kappa shape index (κ2) is 38.1. The van der Waals surface area contributed by atoms with Crippen molar-refractivity contribution in [3.8, 4) is 46.0 Å². The number of benzene rings is 9. The van der Waals surface area contributed by atoms with Gasteiger partial charge in [-0.15, -0.1) is 0 Å². The van der Waals surface area contributed by atoms with Gasteiger partial charge in [-0.2, -0.15) is 0 Å². The molecule has 16 bridgehead atoms. The minimum Gasteiger partial charge on any atom is -0.493 e. The Hall–Kier alpha value is -8.62. The standard InChI is InChI=1S/C114H154O8/c1-31-41-115-99-75-47-79-59-93(109(13,14)15)63-83(101(79)117-43-33-3)51-87-67-97(113(25,26)27)69-89-53-85-65-95(111(19,20)21)61-81(103(85)119-45-35-5)49-77-57-92(108(10,11)12)58-78(100(77)116-42-32-2)50-82-62-96(112(22,23)24)66-86(104(82)120-46-36-6)54-90-70-98(114(28,29)30)68-88(106(90)122-72-74-39-37-73(38-40-74)71-121-105(87)89)52-84-64-94(110(16,17)18)60-80(102(84)118-44-34-4)48-76(99)56-91(55-75)107(7,8)9/h37-40,55-70H,31-36,41-54,71-72H2,1-30H3. The van der Waals surface area contributed by atoms with E-state index in [9.17, 15) is 0 Å². The fourth-order valence-corrected chi connectivity index (χ4v) is 17.0. The lowest BCUT2D eigenvalue weighted by atomic mass is 9.79. The summed E-state index contributed by atoms with van der Waals surface area (Å²) in [6, 6.07) is 48.4. The van der Waals surface area contributed by atoms with Gasteiger partial charge >= 0.3 is 0 Å². The van der Waals surface area contributed by atoms with Gasteiger partial charge in [0.05, 0.1) is 39.6 Å². The highest BCUT2D eigenvalue weighted by molar-refractivity contribution is 5.64. The summed E-state index contributed by atoms with van der Waals surface area (Å²) in [7, 11) is 0. The van der Waals surface area contributed by atoms with Crippen molar-refractivity contribution in [1.82, 2.24) is 0 Å². The van der Waals surface area contributed by atoms with Gasteiger partial charge in [0.2, 0.25) is 0 Å². The normalized spacial score (nSPS) is 14.0. The van der Waals surface area contributed by atoms with Gasteiger partial charge < -0.3 is 37.9 Å². The van der Waals surface area contributed by atoms with Gasteiger partial charge in [-0.05, 0) is 226 Å². The molecule has 122 heavy (non-hydrogen) atoms. The summed E-state index contributed by atoms with van der Waals surface area (Å²) in [6.07, 6.45) is 9.58. The minimum atomic E-state index is -0.263. The van der Waals surface area contributed by atoms with Crippen LogP contribution < -0.4 is 37.9 Å². The topological polar surface area (TPSA) is 73.8 Å². The summed E-state index contributed by atoms with van der Waals surface area (Å²) in [5, 5.41) is 0. The van der Waals surface area contributed by atoms with Crippen molar-refractivity contribution >= 4 is 0 Å². The van der Waals surface area contributed by atoms with Crippen LogP contribution >= 0.6 is 0 Å². The molecule has 4 aliphatic rings. The predicted molar refractivity (Wildman–Crippen MR) is 513 cm³/mol. The first kappa shape index (κ1) is 94.1. The van der Waals surface area contributed by atoms with Crippen LogP contribution in [-0.4, -0.2) is 39.6 Å². The van der Waals surface area contributed by atoms with Gasteiger partial charge in [0.1, 0.15) is 59.2 Å². The molecule has 0 radical (unpaired) electrons. The molecule has 0 atom stereocenters. The number of hydrogen-bond acceptors (Lipinski definition) is 8. The number of hydrogen-bond donors (Lipinski definition) is 0. The maximum atomic E-state index is 7.81. The van der Waals surface area contributed by atoms with Crippen LogP contribution in [0.15, 0.2) is 121 Å². The zero-order chi connectivity index (χ0) is 89.0. The van der Waals surface area contributed by atoms with E-state index in [0.717, 1.165) is 185 Å². The summed E-state index contributed by atoms with van der Waals surface area (Å²) in [4.78, 5) is 0. The van der Waals surface area contributed by atoms with Gasteiger partial charge in [-0.1, -0.05) is 329 Å². The van der Waals surface area contributed by atoms with Crippen LogP contribution in [0.2, 0.25) is 0 Å². The molecule has 0 spiro atoms. The third kappa shape index (κ3) is 22.9. The Morgan fingerprint density at radius 3 is 0.443 bits per heavy atom. The number of rotatable bonds is 18. The zero-order valence-electron chi connectivity index (χ0n) is 81.4. The first-order valence-corrected chi connectivity index (χ1v) is 46.6. The fourth-order valence-electron chi connectivity index (χ4n) is 17.0. The first-order valence-electron chi connectivity index (χ1n) is 46.6. The minimum absolute atomic E-state index is 0.228. The van der Waals surface area contributed by atoms with Gasteiger partial charge in [-0.3, -0.25) is 0 Å². The third-order valence-corrected chi connectivity index (χ3v) is 24.4. The van der Waals surface area contributed by atoms with Gasteiger partial charge in [0.25, 0.3) is 0 Å².